The molecular formula is C16H17BrClNO2. The van der Waals surface area contributed by atoms with Gasteiger partial charge in [0.2, 0.25) is 0 Å². The maximum absolute atomic E-state index is 6.21. The van der Waals surface area contributed by atoms with Gasteiger partial charge in [-0.2, -0.15) is 0 Å². The number of rotatable bonds is 5. The van der Waals surface area contributed by atoms with Gasteiger partial charge in [0.15, 0.2) is 0 Å². The van der Waals surface area contributed by atoms with Gasteiger partial charge in [-0.1, -0.05) is 23.7 Å². The molecule has 21 heavy (non-hydrogen) atoms. The molecule has 0 amide bonds. The van der Waals surface area contributed by atoms with E-state index >= 15 is 0 Å². The van der Waals surface area contributed by atoms with Crippen molar-refractivity contribution in [3.05, 3.63) is 57.0 Å². The monoisotopic (exact) mass is 369 g/mol. The fourth-order valence-corrected chi connectivity index (χ4v) is 3.07. The maximum atomic E-state index is 6.21. The zero-order valence-electron chi connectivity index (χ0n) is 12.1. The Labute approximate surface area is 138 Å². The number of ether oxygens (including phenoxy) is 2. The van der Waals surface area contributed by atoms with E-state index in [1.54, 1.807) is 14.2 Å². The lowest BCUT2D eigenvalue weighted by atomic mass is 9.98. The second-order valence-corrected chi connectivity index (χ2v) is 5.77. The van der Waals surface area contributed by atoms with Crippen molar-refractivity contribution in [3.8, 4) is 11.5 Å². The van der Waals surface area contributed by atoms with E-state index in [4.69, 9.17) is 21.1 Å². The molecule has 0 aliphatic carbocycles. The predicted octanol–water partition coefficient (Wildman–Crippen LogP) is 4.43. The molecule has 0 aliphatic rings. The fraction of sp³-hybridized carbons (Fsp3) is 0.250. The molecule has 0 aromatic heterocycles. The average Bonchev–Trinajstić information content (AvgIpc) is 2.48. The summed E-state index contributed by atoms with van der Waals surface area (Å²) in [5.74, 6) is 1.48. The quantitative estimate of drug-likeness (QED) is 0.844. The molecule has 0 saturated carbocycles. The molecular weight excluding hydrogens is 354 g/mol. The molecule has 2 aromatic carbocycles. The van der Waals surface area contributed by atoms with Crippen LogP contribution < -0.4 is 14.8 Å². The van der Waals surface area contributed by atoms with Crippen LogP contribution in [0.2, 0.25) is 5.02 Å². The van der Waals surface area contributed by atoms with Gasteiger partial charge < -0.3 is 14.8 Å². The largest absolute Gasteiger partial charge is 0.496 e. The Bertz CT molecular complexity index is 580. The molecule has 112 valence electrons. The van der Waals surface area contributed by atoms with E-state index in [2.05, 4.69) is 21.2 Å². The number of halogens is 2. The number of hydrogen-bond acceptors (Lipinski definition) is 3. The SMILES string of the molecule is CNC(c1ccc(OC)c(Cl)c1)c1ccc(OC)c(Br)c1. The molecule has 0 bridgehead atoms. The zero-order valence-corrected chi connectivity index (χ0v) is 14.5. The van der Waals surface area contributed by atoms with Crippen molar-refractivity contribution in [2.45, 2.75) is 6.04 Å². The number of methoxy groups -OCH3 is 2. The summed E-state index contributed by atoms with van der Waals surface area (Å²) in [4.78, 5) is 0. The third kappa shape index (κ3) is 3.51. The predicted molar refractivity (Wildman–Crippen MR) is 89.6 cm³/mol. The summed E-state index contributed by atoms with van der Waals surface area (Å²) in [5.41, 5.74) is 2.19. The molecule has 5 heteroatoms. The highest BCUT2D eigenvalue weighted by atomic mass is 79.9. The molecule has 3 nitrogen and oxygen atoms in total. The van der Waals surface area contributed by atoms with E-state index in [-0.39, 0.29) is 6.04 Å². The van der Waals surface area contributed by atoms with Gasteiger partial charge in [-0.15, -0.1) is 0 Å². The molecule has 1 N–H and O–H groups in total. The van der Waals surface area contributed by atoms with E-state index in [9.17, 15) is 0 Å². The summed E-state index contributed by atoms with van der Waals surface area (Å²) in [6.45, 7) is 0. The first-order valence-electron chi connectivity index (χ1n) is 6.44. The maximum Gasteiger partial charge on any atom is 0.137 e. The summed E-state index contributed by atoms with van der Waals surface area (Å²) < 4.78 is 11.4. The molecule has 1 atom stereocenters. The van der Waals surface area contributed by atoms with Crippen LogP contribution >= 0.6 is 27.5 Å². The minimum atomic E-state index is 0.0376. The van der Waals surface area contributed by atoms with Gasteiger partial charge in [-0.05, 0) is 58.4 Å². The zero-order chi connectivity index (χ0) is 15.4. The Kier molecular flexibility index (Phi) is 5.51. The van der Waals surface area contributed by atoms with E-state index in [0.717, 1.165) is 21.3 Å². The van der Waals surface area contributed by atoms with Crippen molar-refractivity contribution < 1.29 is 9.47 Å². The summed E-state index contributed by atoms with van der Waals surface area (Å²) >= 11 is 9.73. The number of hydrogen-bond donors (Lipinski definition) is 1. The van der Waals surface area contributed by atoms with Crippen molar-refractivity contribution in [3.63, 3.8) is 0 Å². The van der Waals surface area contributed by atoms with Crippen LogP contribution in [-0.2, 0) is 0 Å². The third-order valence-corrected chi connectivity index (χ3v) is 4.22. The van der Waals surface area contributed by atoms with Crippen molar-refractivity contribution in [1.29, 1.82) is 0 Å². The molecule has 0 fully saturated rings. The van der Waals surface area contributed by atoms with Gasteiger partial charge >= 0.3 is 0 Å². The summed E-state index contributed by atoms with van der Waals surface area (Å²) in [5, 5.41) is 3.90. The Morgan fingerprint density at radius 2 is 1.57 bits per heavy atom. The van der Waals surface area contributed by atoms with Gasteiger partial charge in [-0.25, -0.2) is 0 Å². The Hall–Kier alpha value is -1.23. The lowest BCUT2D eigenvalue weighted by Gasteiger charge is -2.19. The van der Waals surface area contributed by atoms with Crippen LogP contribution in [-0.4, -0.2) is 21.3 Å². The van der Waals surface area contributed by atoms with Crippen LogP contribution in [0, 0.1) is 0 Å². The van der Waals surface area contributed by atoms with Crippen LogP contribution in [0.5, 0.6) is 11.5 Å². The van der Waals surface area contributed by atoms with E-state index in [0.29, 0.717) is 10.8 Å². The fourth-order valence-electron chi connectivity index (χ4n) is 2.25. The molecule has 1 unspecified atom stereocenters. The molecule has 0 radical (unpaired) electrons. The molecule has 2 aromatic rings. The van der Waals surface area contributed by atoms with Crippen molar-refractivity contribution in [2.24, 2.45) is 0 Å². The molecule has 2 rings (SSSR count). The van der Waals surface area contributed by atoms with Crippen molar-refractivity contribution in [2.75, 3.05) is 21.3 Å². The van der Waals surface area contributed by atoms with Gasteiger partial charge in [0.25, 0.3) is 0 Å². The second-order valence-electron chi connectivity index (χ2n) is 4.51. The summed E-state index contributed by atoms with van der Waals surface area (Å²) in [6.07, 6.45) is 0. The van der Waals surface area contributed by atoms with E-state index in [1.165, 1.54) is 0 Å². The van der Waals surface area contributed by atoms with Gasteiger partial charge in [-0.3, -0.25) is 0 Å². The Morgan fingerprint density at radius 3 is 2.05 bits per heavy atom. The highest BCUT2D eigenvalue weighted by molar-refractivity contribution is 9.10. The molecule has 0 spiro atoms. The smallest absolute Gasteiger partial charge is 0.137 e. The van der Waals surface area contributed by atoms with Crippen molar-refractivity contribution >= 4 is 27.5 Å². The second kappa shape index (κ2) is 7.16. The van der Waals surface area contributed by atoms with Crippen LogP contribution in [0.3, 0.4) is 0 Å². The standard InChI is InChI=1S/C16H17BrClNO2/c1-19-16(10-4-6-14(20-2)12(17)8-10)11-5-7-15(21-3)13(18)9-11/h4-9,16,19H,1-3H3. The lowest BCUT2D eigenvalue weighted by molar-refractivity contribution is 0.412. The molecule has 0 aliphatic heterocycles. The highest BCUT2D eigenvalue weighted by Crippen LogP contribution is 2.33. The first-order chi connectivity index (χ1) is 10.1. The normalized spacial score (nSPS) is 12.0. The Balaban J connectivity index is 2.39. The average molecular weight is 371 g/mol. The third-order valence-electron chi connectivity index (χ3n) is 3.31. The molecule has 0 heterocycles. The highest BCUT2D eigenvalue weighted by Gasteiger charge is 2.15. The van der Waals surface area contributed by atoms with Crippen LogP contribution in [0.1, 0.15) is 17.2 Å². The number of benzene rings is 2. The number of nitrogens with one attached hydrogen (secondary N) is 1. The first kappa shape index (κ1) is 16.1. The summed E-state index contributed by atoms with van der Waals surface area (Å²) in [7, 11) is 5.18. The Morgan fingerprint density at radius 1 is 1.00 bits per heavy atom. The van der Waals surface area contributed by atoms with Gasteiger partial charge in [0.1, 0.15) is 11.5 Å². The topological polar surface area (TPSA) is 30.5 Å². The van der Waals surface area contributed by atoms with Crippen LogP contribution in [0.25, 0.3) is 0 Å². The lowest BCUT2D eigenvalue weighted by Crippen LogP contribution is -2.17. The van der Waals surface area contributed by atoms with Crippen LogP contribution in [0.15, 0.2) is 40.9 Å². The minimum absolute atomic E-state index is 0.0376. The van der Waals surface area contributed by atoms with Gasteiger partial charge in [0, 0.05) is 0 Å². The van der Waals surface area contributed by atoms with E-state index < -0.39 is 0 Å². The summed E-state index contributed by atoms with van der Waals surface area (Å²) in [6, 6.07) is 11.8. The van der Waals surface area contributed by atoms with Gasteiger partial charge in [0.05, 0.1) is 29.8 Å². The van der Waals surface area contributed by atoms with Crippen LogP contribution in [0.4, 0.5) is 0 Å². The first-order valence-corrected chi connectivity index (χ1v) is 7.62. The van der Waals surface area contributed by atoms with E-state index in [1.807, 2.05) is 43.4 Å². The van der Waals surface area contributed by atoms with Crippen molar-refractivity contribution in [1.82, 2.24) is 5.32 Å². The minimum Gasteiger partial charge on any atom is -0.496 e. The molecule has 0 saturated heterocycles.